The molecule has 0 aromatic heterocycles. The van der Waals surface area contributed by atoms with Gasteiger partial charge in [0.05, 0.1) is 13.2 Å². The van der Waals surface area contributed by atoms with E-state index in [1.54, 1.807) is 11.8 Å². The lowest BCUT2D eigenvalue weighted by molar-refractivity contribution is -0.138. The van der Waals surface area contributed by atoms with Crippen LogP contribution in [0, 0.1) is 0 Å². The van der Waals surface area contributed by atoms with Crippen molar-refractivity contribution in [2.24, 2.45) is 0 Å². The molecule has 2 N–H and O–H groups in total. The van der Waals surface area contributed by atoms with E-state index in [4.69, 9.17) is 5.11 Å². The largest absolute Gasteiger partial charge is 0.480 e. The molecule has 1 rings (SSSR count). The first-order valence-electron chi connectivity index (χ1n) is 6.24. The Morgan fingerprint density at radius 2 is 1.95 bits per heavy atom. The normalized spacial score (nSPS) is 18.2. The maximum absolute atomic E-state index is 11.9. The first-order chi connectivity index (χ1) is 9.35. The zero-order valence-corrected chi connectivity index (χ0v) is 12.1. The number of carbonyl (C=O) groups is 2. The molecule has 20 heavy (non-hydrogen) atoms. The second kappa shape index (κ2) is 7.41. The molecule has 1 fully saturated rings. The maximum atomic E-state index is 11.9. The molecule has 1 heterocycles. The minimum Gasteiger partial charge on any atom is -0.480 e. The third-order valence-electron chi connectivity index (χ3n) is 2.73. The fraction of sp³-hybridized carbons (Fsp3) is 0.800. The van der Waals surface area contributed by atoms with Crippen LogP contribution in [0.4, 0.5) is 4.79 Å². The van der Waals surface area contributed by atoms with Crippen molar-refractivity contribution in [3.05, 3.63) is 0 Å². The average Bonchev–Trinajstić information content (AvgIpc) is 2.53. The molecular weight excluding hydrogens is 290 g/mol. The number of carbonyl (C=O) groups excluding carboxylic acids is 1. The molecule has 0 aliphatic carbocycles. The number of amides is 1. The summed E-state index contributed by atoms with van der Waals surface area (Å²) in [5.74, 6) is -0.953. The van der Waals surface area contributed by atoms with Gasteiger partial charge in [-0.15, -0.1) is 0 Å². The molecule has 0 spiro atoms. The van der Waals surface area contributed by atoms with Crippen LogP contribution in [0.25, 0.3) is 0 Å². The Hall–Kier alpha value is -1.39. The van der Waals surface area contributed by atoms with Crippen LogP contribution in [0.1, 0.15) is 13.3 Å². The predicted molar refractivity (Wildman–Crippen MR) is 69.3 cm³/mol. The molecule has 9 nitrogen and oxygen atoms in total. The van der Waals surface area contributed by atoms with E-state index in [9.17, 15) is 18.0 Å². The van der Waals surface area contributed by atoms with E-state index < -0.39 is 22.3 Å². The first-order valence-corrected chi connectivity index (χ1v) is 7.68. The second-order valence-electron chi connectivity index (χ2n) is 4.25. The van der Waals surface area contributed by atoms with Gasteiger partial charge in [-0.05, 0) is 13.3 Å². The highest BCUT2D eigenvalue weighted by Gasteiger charge is 2.27. The van der Waals surface area contributed by atoms with E-state index in [0.29, 0.717) is 19.5 Å². The van der Waals surface area contributed by atoms with Crippen molar-refractivity contribution in [3.63, 3.8) is 0 Å². The number of hydrogen-bond acceptors (Lipinski definition) is 6. The maximum Gasteiger partial charge on any atom is 0.421 e. The van der Waals surface area contributed by atoms with Gasteiger partial charge in [-0.1, -0.05) is 0 Å². The third-order valence-corrected chi connectivity index (χ3v) is 4.20. The lowest BCUT2D eigenvalue weighted by Crippen LogP contribution is -2.45. The van der Waals surface area contributed by atoms with Gasteiger partial charge in [-0.25, -0.2) is 9.52 Å². The topological polar surface area (TPSA) is 116 Å². The minimum atomic E-state index is -3.95. The summed E-state index contributed by atoms with van der Waals surface area (Å²) in [4.78, 5) is 23.5. The van der Waals surface area contributed by atoms with Gasteiger partial charge >= 0.3 is 22.3 Å². The van der Waals surface area contributed by atoms with Crippen molar-refractivity contribution in [3.8, 4) is 0 Å². The molecule has 0 aromatic rings. The number of rotatable bonds is 5. The molecule has 0 aromatic carbocycles. The number of aliphatic carboxylic acids is 1. The fourth-order valence-electron chi connectivity index (χ4n) is 1.87. The molecule has 0 radical (unpaired) electrons. The smallest absolute Gasteiger partial charge is 0.421 e. The van der Waals surface area contributed by atoms with Gasteiger partial charge in [0, 0.05) is 26.2 Å². The standard InChI is InChI=1S/C10H19N3O6S/c1-2-19-10(16)11-20(17,18)13-5-3-4-12(6-7-13)8-9(14)15/h2-8H2,1H3,(H,11,16)(H,14,15). The Morgan fingerprint density at radius 1 is 1.25 bits per heavy atom. The van der Waals surface area contributed by atoms with Crippen molar-refractivity contribution >= 4 is 22.3 Å². The van der Waals surface area contributed by atoms with Crippen LogP contribution in [0.15, 0.2) is 0 Å². The van der Waals surface area contributed by atoms with Gasteiger partial charge in [-0.3, -0.25) is 9.69 Å². The zero-order valence-electron chi connectivity index (χ0n) is 11.2. The summed E-state index contributed by atoms with van der Waals surface area (Å²) in [7, 11) is -3.95. The Kier molecular flexibility index (Phi) is 6.17. The quantitative estimate of drug-likeness (QED) is 0.674. The minimum absolute atomic E-state index is 0.0771. The lowest BCUT2D eigenvalue weighted by Gasteiger charge is -2.20. The summed E-state index contributed by atoms with van der Waals surface area (Å²) in [6.45, 7) is 2.68. The average molecular weight is 309 g/mol. The number of nitrogens with zero attached hydrogens (tertiary/aromatic N) is 2. The monoisotopic (exact) mass is 309 g/mol. The van der Waals surface area contributed by atoms with Crippen molar-refractivity contribution in [1.82, 2.24) is 13.9 Å². The molecule has 1 aliphatic heterocycles. The van der Waals surface area contributed by atoms with Gasteiger partial charge in [0.1, 0.15) is 0 Å². The molecule has 1 aliphatic rings. The SMILES string of the molecule is CCOC(=O)NS(=O)(=O)N1CCCN(CC(=O)O)CC1. The number of hydrogen-bond donors (Lipinski definition) is 2. The molecular formula is C10H19N3O6S. The Balaban J connectivity index is 2.59. The second-order valence-corrected chi connectivity index (χ2v) is 5.92. The first kappa shape index (κ1) is 16.7. The van der Waals surface area contributed by atoms with Crippen LogP contribution < -0.4 is 4.72 Å². The van der Waals surface area contributed by atoms with E-state index in [0.717, 1.165) is 4.31 Å². The van der Waals surface area contributed by atoms with Gasteiger partial charge in [0.15, 0.2) is 0 Å². The highest BCUT2D eigenvalue weighted by Crippen LogP contribution is 2.07. The van der Waals surface area contributed by atoms with Crippen molar-refractivity contribution in [2.45, 2.75) is 13.3 Å². The van der Waals surface area contributed by atoms with Crippen LogP contribution in [-0.4, -0.2) is 74.1 Å². The van der Waals surface area contributed by atoms with E-state index in [1.807, 2.05) is 4.72 Å². The van der Waals surface area contributed by atoms with E-state index >= 15 is 0 Å². The Morgan fingerprint density at radius 3 is 2.55 bits per heavy atom. The molecule has 116 valence electrons. The summed E-state index contributed by atoms with van der Waals surface area (Å²) in [5, 5.41) is 8.71. The number of carboxylic acid groups (broad SMARTS) is 1. The summed E-state index contributed by atoms with van der Waals surface area (Å²) in [6, 6.07) is 0. The van der Waals surface area contributed by atoms with E-state index in [-0.39, 0.29) is 26.2 Å². The number of carboxylic acids is 1. The van der Waals surface area contributed by atoms with Gasteiger partial charge < -0.3 is 9.84 Å². The van der Waals surface area contributed by atoms with Gasteiger partial charge in [0.25, 0.3) is 0 Å². The molecule has 1 saturated heterocycles. The summed E-state index contributed by atoms with van der Waals surface area (Å²) in [5.41, 5.74) is 0. The van der Waals surface area contributed by atoms with Gasteiger partial charge in [-0.2, -0.15) is 12.7 Å². The zero-order chi connectivity index (χ0) is 15.2. The molecule has 1 amide bonds. The molecule has 0 bridgehead atoms. The highest BCUT2D eigenvalue weighted by atomic mass is 32.2. The molecule has 10 heteroatoms. The van der Waals surface area contributed by atoms with Crippen LogP contribution in [0.5, 0.6) is 0 Å². The number of nitrogens with one attached hydrogen (secondary N) is 1. The van der Waals surface area contributed by atoms with Crippen molar-refractivity contribution < 1.29 is 27.9 Å². The molecule has 0 unspecified atom stereocenters. The fourth-order valence-corrected chi connectivity index (χ4v) is 2.96. The predicted octanol–water partition coefficient (Wildman–Crippen LogP) is -0.930. The van der Waals surface area contributed by atoms with Crippen LogP contribution in [0.3, 0.4) is 0 Å². The van der Waals surface area contributed by atoms with Crippen LogP contribution in [-0.2, 0) is 19.7 Å². The van der Waals surface area contributed by atoms with E-state index in [1.165, 1.54) is 0 Å². The summed E-state index contributed by atoms with van der Waals surface area (Å²) < 4.78 is 31.3. The third kappa shape index (κ3) is 5.31. The summed E-state index contributed by atoms with van der Waals surface area (Å²) in [6.07, 6.45) is -0.518. The number of ether oxygens (including phenoxy) is 1. The lowest BCUT2D eigenvalue weighted by atomic mass is 10.4. The molecule has 0 saturated carbocycles. The van der Waals surface area contributed by atoms with Crippen molar-refractivity contribution in [2.75, 3.05) is 39.3 Å². The summed E-state index contributed by atoms with van der Waals surface area (Å²) >= 11 is 0. The van der Waals surface area contributed by atoms with E-state index in [2.05, 4.69) is 4.74 Å². The Labute approximate surface area is 117 Å². The van der Waals surface area contributed by atoms with Crippen molar-refractivity contribution in [1.29, 1.82) is 0 Å². The Bertz CT molecular complexity index is 452. The molecule has 0 atom stereocenters. The van der Waals surface area contributed by atoms with Crippen LogP contribution in [0.2, 0.25) is 0 Å². The van der Waals surface area contributed by atoms with Crippen LogP contribution >= 0.6 is 0 Å². The van der Waals surface area contributed by atoms with Gasteiger partial charge in [0.2, 0.25) is 0 Å². The highest BCUT2D eigenvalue weighted by molar-refractivity contribution is 7.87.